The molecule has 1 heterocycles. The van der Waals surface area contributed by atoms with E-state index < -0.39 is 0 Å². The fraction of sp³-hybridized carbons (Fsp3) is 0.458. The van der Waals surface area contributed by atoms with Crippen LogP contribution in [0.2, 0.25) is 0 Å². The highest BCUT2D eigenvalue weighted by atomic mass is 32.2. The molecule has 2 aromatic carbocycles. The van der Waals surface area contributed by atoms with E-state index in [9.17, 15) is 4.79 Å². The number of carbonyl (C=O) groups is 1. The van der Waals surface area contributed by atoms with Crippen LogP contribution in [0.1, 0.15) is 32.1 Å². The normalized spacial score (nSPS) is 27.5. The summed E-state index contributed by atoms with van der Waals surface area (Å²) in [6, 6.07) is 18.2. The Morgan fingerprint density at radius 1 is 0.828 bits per heavy atom. The molecule has 2 aliphatic carbocycles. The van der Waals surface area contributed by atoms with Crippen LogP contribution in [-0.4, -0.2) is 21.5 Å². The van der Waals surface area contributed by atoms with Crippen molar-refractivity contribution in [1.29, 1.82) is 0 Å². The van der Waals surface area contributed by atoms with Gasteiger partial charge in [0.2, 0.25) is 5.91 Å². The standard InChI is InChI=1S/C24H28N2OS2/c27-23(17-15-18-5-4-6-19(16-17)24(18)28-13-14-29-24)26-22-11-9-21(10-12-22)25-20-7-2-1-3-8-20/h1-3,7-12,17-19,25H,4-6,13-16H2,(H,26,27). The van der Waals surface area contributed by atoms with Gasteiger partial charge in [-0.2, -0.15) is 0 Å². The molecule has 5 rings (SSSR count). The third-order valence-electron chi connectivity index (χ3n) is 6.71. The fourth-order valence-electron chi connectivity index (χ4n) is 5.39. The average Bonchev–Trinajstić information content (AvgIpc) is 3.19. The Hall–Kier alpha value is -1.59. The van der Waals surface area contributed by atoms with E-state index in [2.05, 4.69) is 34.2 Å². The minimum Gasteiger partial charge on any atom is -0.356 e. The molecule has 1 saturated heterocycles. The molecule has 2 aromatic rings. The molecule has 3 fully saturated rings. The number of hydrogen-bond acceptors (Lipinski definition) is 4. The van der Waals surface area contributed by atoms with Gasteiger partial charge in [0.05, 0.1) is 4.08 Å². The maximum absolute atomic E-state index is 13.0. The van der Waals surface area contributed by atoms with Gasteiger partial charge in [-0.15, -0.1) is 23.5 Å². The van der Waals surface area contributed by atoms with E-state index >= 15 is 0 Å². The van der Waals surface area contributed by atoms with E-state index in [0.717, 1.165) is 29.9 Å². The lowest BCUT2D eigenvalue weighted by Crippen LogP contribution is -2.48. The number of para-hydroxylation sites is 1. The number of thioether (sulfide) groups is 2. The molecule has 2 N–H and O–H groups in total. The predicted octanol–water partition coefficient (Wildman–Crippen LogP) is 6.37. The van der Waals surface area contributed by atoms with Crippen molar-refractivity contribution in [2.24, 2.45) is 17.8 Å². The van der Waals surface area contributed by atoms with E-state index in [-0.39, 0.29) is 11.8 Å². The molecule has 152 valence electrons. The van der Waals surface area contributed by atoms with Crippen LogP contribution in [0.5, 0.6) is 0 Å². The molecular formula is C24H28N2OS2. The zero-order valence-electron chi connectivity index (χ0n) is 16.6. The highest BCUT2D eigenvalue weighted by Crippen LogP contribution is 2.64. The van der Waals surface area contributed by atoms with Crippen LogP contribution in [0.25, 0.3) is 0 Å². The van der Waals surface area contributed by atoms with Gasteiger partial charge in [-0.05, 0) is 73.9 Å². The predicted molar refractivity (Wildman–Crippen MR) is 126 cm³/mol. The van der Waals surface area contributed by atoms with Gasteiger partial charge in [-0.1, -0.05) is 24.6 Å². The number of rotatable bonds is 4. The Kier molecular flexibility index (Phi) is 5.53. The summed E-state index contributed by atoms with van der Waals surface area (Å²) in [5.74, 6) is 4.38. The van der Waals surface area contributed by atoms with Gasteiger partial charge in [0.15, 0.2) is 0 Å². The maximum Gasteiger partial charge on any atom is 0.227 e. The van der Waals surface area contributed by atoms with Gasteiger partial charge >= 0.3 is 0 Å². The summed E-state index contributed by atoms with van der Waals surface area (Å²) in [5.41, 5.74) is 2.98. The van der Waals surface area contributed by atoms with Gasteiger partial charge < -0.3 is 10.6 Å². The summed E-state index contributed by atoms with van der Waals surface area (Å²) in [7, 11) is 0. The van der Waals surface area contributed by atoms with Crippen molar-refractivity contribution >= 4 is 46.5 Å². The first-order valence-corrected chi connectivity index (χ1v) is 12.7. The first kappa shape index (κ1) is 19.4. The summed E-state index contributed by atoms with van der Waals surface area (Å²) in [4.78, 5) is 13.0. The van der Waals surface area contributed by atoms with E-state index in [1.54, 1.807) is 0 Å². The molecule has 29 heavy (non-hydrogen) atoms. The molecule has 3 nitrogen and oxygen atoms in total. The molecule has 2 bridgehead atoms. The summed E-state index contributed by atoms with van der Waals surface area (Å²) in [6.45, 7) is 0. The second-order valence-corrected chi connectivity index (χ2v) is 11.5. The van der Waals surface area contributed by atoms with Crippen LogP contribution in [0.3, 0.4) is 0 Å². The van der Waals surface area contributed by atoms with E-state index in [0.29, 0.717) is 15.9 Å². The number of hydrogen-bond donors (Lipinski definition) is 2. The molecule has 1 spiro atoms. The largest absolute Gasteiger partial charge is 0.356 e. The van der Waals surface area contributed by atoms with Crippen molar-refractivity contribution in [3.05, 3.63) is 54.6 Å². The lowest BCUT2D eigenvalue weighted by molar-refractivity contribution is -0.122. The molecule has 5 heteroatoms. The molecule has 1 aliphatic heterocycles. The lowest BCUT2D eigenvalue weighted by Gasteiger charge is -2.52. The Morgan fingerprint density at radius 2 is 1.41 bits per heavy atom. The number of benzene rings is 2. The SMILES string of the molecule is O=C(Nc1ccc(Nc2ccccc2)cc1)C1CC2CCCC(C1)C21SCCS1. The third-order valence-corrected chi connectivity index (χ3v) is 10.7. The highest BCUT2D eigenvalue weighted by molar-refractivity contribution is 8.21. The minimum atomic E-state index is 0.167. The molecule has 0 aromatic heterocycles. The van der Waals surface area contributed by atoms with Crippen LogP contribution in [0, 0.1) is 17.8 Å². The lowest BCUT2D eigenvalue weighted by atomic mass is 9.67. The van der Waals surface area contributed by atoms with Gasteiger partial charge in [-0.25, -0.2) is 0 Å². The van der Waals surface area contributed by atoms with Crippen LogP contribution in [-0.2, 0) is 4.79 Å². The number of amides is 1. The molecule has 1 amide bonds. The molecule has 2 unspecified atom stereocenters. The second-order valence-electron chi connectivity index (χ2n) is 8.47. The molecule has 2 atom stereocenters. The Morgan fingerprint density at radius 3 is 2.07 bits per heavy atom. The first-order chi connectivity index (χ1) is 14.2. The highest BCUT2D eigenvalue weighted by Gasteiger charge is 2.55. The number of nitrogens with one attached hydrogen (secondary N) is 2. The Bertz CT molecular complexity index is 833. The van der Waals surface area contributed by atoms with Crippen molar-refractivity contribution in [1.82, 2.24) is 0 Å². The molecule has 3 aliphatic rings. The number of carbonyl (C=O) groups excluding carboxylic acids is 1. The second kappa shape index (κ2) is 8.27. The molecular weight excluding hydrogens is 396 g/mol. The first-order valence-electron chi connectivity index (χ1n) is 10.7. The zero-order chi connectivity index (χ0) is 19.7. The van der Waals surface area contributed by atoms with Crippen LogP contribution < -0.4 is 10.6 Å². The quantitative estimate of drug-likeness (QED) is 0.598. The van der Waals surface area contributed by atoms with Crippen molar-refractivity contribution in [3.63, 3.8) is 0 Å². The van der Waals surface area contributed by atoms with E-state index in [4.69, 9.17) is 0 Å². The Labute approximate surface area is 181 Å². The fourth-order valence-corrected chi connectivity index (χ4v) is 9.33. The van der Waals surface area contributed by atoms with Gasteiger partial charge in [0.1, 0.15) is 0 Å². The summed E-state index contributed by atoms with van der Waals surface area (Å²) < 4.78 is 0.430. The van der Waals surface area contributed by atoms with E-state index in [1.165, 1.54) is 30.8 Å². The zero-order valence-corrected chi connectivity index (χ0v) is 18.2. The van der Waals surface area contributed by atoms with Crippen LogP contribution in [0.15, 0.2) is 54.6 Å². The maximum atomic E-state index is 13.0. The number of anilines is 3. The van der Waals surface area contributed by atoms with Crippen molar-refractivity contribution in [2.45, 2.75) is 36.2 Å². The van der Waals surface area contributed by atoms with Crippen molar-refractivity contribution in [2.75, 3.05) is 22.1 Å². The minimum absolute atomic E-state index is 0.167. The summed E-state index contributed by atoms with van der Waals surface area (Å²) >= 11 is 4.40. The van der Waals surface area contributed by atoms with Crippen molar-refractivity contribution in [3.8, 4) is 0 Å². The van der Waals surface area contributed by atoms with Gasteiger partial charge in [-0.3, -0.25) is 4.79 Å². The third kappa shape index (κ3) is 3.91. The molecule has 0 radical (unpaired) electrons. The van der Waals surface area contributed by atoms with E-state index in [1.807, 2.05) is 54.6 Å². The summed E-state index contributed by atoms with van der Waals surface area (Å²) in [5, 5.41) is 6.58. The smallest absolute Gasteiger partial charge is 0.227 e. The monoisotopic (exact) mass is 424 g/mol. The van der Waals surface area contributed by atoms with Crippen LogP contribution >= 0.6 is 23.5 Å². The summed E-state index contributed by atoms with van der Waals surface area (Å²) in [6.07, 6.45) is 6.09. The van der Waals surface area contributed by atoms with Crippen molar-refractivity contribution < 1.29 is 4.79 Å². The van der Waals surface area contributed by atoms with Gasteiger partial charge in [0, 0.05) is 34.5 Å². The van der Waals surface area contributed by atoms with Gasteiger partial charge in [0.25, 0.3) is 0 Å². The van der Waals surface area contributed by atoms with Crippen LogP contribution in [0.4, 0.5) is 17.1 Å². The Balaban J connectivity index is 1.22. The average molecular weight is 425 g/mol. The topological polar surface area (TPSA) is 41.1 Å². The molecule has 2 saturated carbocycles.